The van der Waals surface area contributed by atoms with Crippen molar-refractivity contribution in [1.29, 1.82) is 0 Å². The predicted octanol–water partition coefficient (Wildman–Crippen LogP) is 4.66. The van der Waals surface area contributed by atoms with Gasteiger partial charge in [0, 0.05) is 41.4 Å². The first kappa shape index (κ1) is 19.8. The van der Waals surface area contributed by atoms with Crippen molar-refractivity contribution in [2.45, 2.75) is 24.4 Å². The summed E-state index contributed by atoms with van der Waals surface area (Å²) in [4.78, 5) is 17.9. The van der Waals surface area contributed by atoms with Crippen LogP contribution in [0.3, 0.4) is 0 Å². The van der Waals surface area contributed by atoms with Gasteiger partial charge >= 0.3 is 0 Å². The molecule has 31 heavy (non-hydrogen) atoms. The van der Waals surface area contributed by atoms with Gasteiger partial charge in [-0.1, -0.05) is 30.0 Å². The molecule has 1 N–H and O–H groups in total. The third-order valence-electron chi connectivity index (χ3n) is 5.58. The SMILES string of the molecule is O=C(CSc1nnc(-c2c[nH]c3ccccc23)n1-c1ccc(F)cc1)N1CCCCC1. The van der Waals surface area contributed by atoms with Crippen LogP contribution in [-0.2, 0) is 4.79 Å². The molecule has 0 aliphatic carbocycles. The third kappa shape index (κ3) is 3.95. The molecule has 8 heteroatoms. The molecule has 3 heterocycles. The molecule has 5 rings (SSSR count). The zero-order valence-electron chi connectivity index (χ0n) is 16.9. The molecule has 2 aromatic carbocycles. The fourth-order valence-corrected chi connectivity index (χ4v) is 4.83. The summed E-state index contributed by atoms with van der Waals surface area (Å²) >= 11 is 1.37. The second-order valence-electron chi connectivity index (χ2n) is 7.60. The minimum Gasteiger partial charge on any atom is -0.360 e. The highest BCUT2D eigenvalue weighted by atomic mass is 32.2. The molecule has 0 unspecified atom stereocenters. The standard InChI is InChI=1S/C23H22FN5OS/c24-16-8-10-17(11-9-16)29-22(19-14-25-20-7-3-2-6-18(19)20)26-27-23(29)31-15-21(30)28-12-4-1-5-13-28/h2-3,6-11,14,25H,1,4-5,12-13,15H2. The van der Waals surface area contributed by atoms with Gasteiger partial charge in [-0.3, -0.25) is 9.36 Å². The number of thioether (sulfide) groups is 1. The van der Waals surface area contributed by atoms with Crippen molar-refractivity contribution in [3.8, 4) is 17.1 Å². The second kappa shape index (κ2) is 8.55. The van der Waals surface area contributed by atoms with Crippen LogP contribution in [0.5, 0.6) is 0 Å². The largest absolute Gasteiger partial charge is 0.360 e. The van der Waals surface area contributed by atoms with Crippen molar-refractivity contribution >= 4 is 28.6 Å². The van der Waals surface area contributed by atoms with Crippen molar-refractivity contribution in [1.82, 2.24) is 24.6 Å². The molecule has 158 valence electrons. The summed E-state index contributed by atoms with van der Waals surface area (Å²) in [7, 11) is 0. The summed E-state index contributed by atoms with van der Waals surface area (Å²) in [5, 5.41) is 10.5. The van der Waals surface area contributed by atoms with Crippen LogP contribution < -0.4 is 0 Å². The lowest BCUT2D eigenvalue weighted by molar-refractivity contribution is -0.129. The van der Waals surface area contributed by atoms with Crippen molar-refractivity contribution in [2.75, 3.05) is 18.8 Å². The number of amides is 1. The van der Waals surface area contributed by atoms with Gasteiger partial charge in [0.2, 0.25) is 5.91 Å². The fourth-order valence-electron chi connectivity index (χ4n) is 3.98. The number of aromatic nitrogens is 4. The Bertz CT molecular complexity index is 1210. The molecular formula is C23H22FN5OS. The number of H-pyrrole nitrogens is 1. The molecule has 4 aromatic rings. The summed E-state index contributed by atoms with van der Waals surface area (Å²) < 4.78 is 15.5. The molecule has 0 bridgehead atoms. The number of carbonyl (C=O) groups is 1. The number of likely N-dealkylation sites (tertiary alicyclic amines) is 1. The van der Waals surface area contributed by atoms with Crippen LogP contribution in [0, 0.1) is 5.82 Å². The summed E-state index contributed by atoms with van der Waals surface area (Å²) in [6.45, 7) is 1.65. The van der Waals surface area contributed by atoms with Gasteiger partial charge in [0.1, 0.15) is 5.82 Å². The first-order valence-electron chi connectivity index (χ1n) is 10.4. The van der Waals surface area contributed by atoms with Gasteiger partial charge in [-0.2, -0.15) is 0 Å². The first-order valence-corrected chi connectivity index (χ1v) is 11.4. The summed E-state index contributed by atoms with van der Waals surface area (Å²) in [5.74, 6) is 0.761. The van der Waals surface area contributed by atoms with E-state index < -0.39 is 0 Å². The van der Waals surface area contributed by atoms with Gasteiger partial charge in [0.25, 0.3) is 0 Å². The van der Waals surface area contributed by atoms with Gasteiger partial charge < -0.3 is 9.88 Å². The van der Waals surface area contributed by atoms with Crippen LogP contribution in [0.2, 0.25) is 0 Å². The van der Waals surface area contributed by atoms with E-state index in [1.54, 1.807) is 12.1 Å². The highest BCUT2D eigenvalue weighted by Crippen LogP contribution is 2.32. The van der Waals surface area contributed by atoms with Crippen molar-refractivity contribution in [3.63, 3.8) is 0 Å². The molecule has 0 saturated carbocycles. The number of aromatic amines is 1. The zero-order chi connectivity index (χ0) is 21.2. The number of para-hydroxylation sites is 1. The van der Waals surface area contributed by atoms with Crippen LogP contribution in [0.1, 0.15) is 19.3 Å². The average Bonchev–Trinajstić information content (AvgIpc) is 3.42. The summed E-state index contributed by atoms with van der Waals surface area (Å²) in [6.07, 6.45) is 5.21. The number of halogens is 1. The topological polar surface area (TPSA) is 66.8 Å². The Morgan fingerprint density at radius 3 is 2.61 bits per heavy atom. The third-order valence-corrected chi connectivity index (χ3v) is 6.50. The molecule has 0 atom stereocenters. The Labute approximate surface area is 183 Å². The van der Waals surface area contributed by atoms with Gasteiger partial charge in [0.05, 0.1) is 5.75 Å². The molecule has 1 amide bonds. The number of piperidine rings is 1. The summed E-state index contributed by atoms with van der Waals surface area (Å²) in [6, 6.07) is 14.2. The van der Waals surface area contributed by atoms with E-state index in [1.165, 1.54) is 30.3 Å². The van der Waals surface area contributed by atoms with Gasteiger partial charge in [-0.15, -0.1) is 10.2 Å². The van der Waals surface area contributed by atoms with Gasteiger partial charge in [0.15, 0.2) is 11.0 Å². The quantitative estimate of drug-likeness (QED) is 0.463. The van der Waals surface area contributed by atoms with E-state index in [9.17, 15) is 9.18 Å². The number of carbonyl (C=O) groups excluding carboxylic acids is 1. The molecular weight excluding hydrogens is 413 g/mol. The number of nitrogens with zero attached hydrogens (tertiary/aromatic N) is 4. The molecule has 1 fully saturated rings. The number of hydrogen-bond donors (Lipinski definition) is 1. The lowest BCUT2D eigenvalue weighted by atomic mass is 10.1. The Balaban J connectivity index is 1.51. The van der Waals surface area contributed by atoms with Crippen molar-refractivity contribution in [3.05, 3.63) is 60.5 Å². The number of rotatable bonds is 5. The van der Waals surface area contributed by atoms with E-state index in [4.69, 9.17) is 0 Å². The van der Waals surface area contributed by atoms with Crippen LogP contribution in [0.15, 0.2) is 59.9 Å². The van der Waals surface area contributed by atoms with Crippen molar-refractivity contribution in [2.24, 2.45) is 0 Å². The molecule has 1 saturated heterocycles. The number of hydrogen-bond acceptors (Lipinski definition) is 4. The van der Waals surface area contributed by atoms with Crippen LogP contribution in [0.4, 0.5) is 4.39 Å². The zero-order valence-corrected chi connectivity index (χ0v) is 17.7. The normalized spacial score (nSPS) is 14.3. The van der Waals surface area contributed by atoms with Gasteiger partial charge in [-0.05, 0) is 49.6 Å². The van der Waals surface area contributed by atoms with E-state index in [1.807, 2.05) is 39.9 Å². The van der Waals surface area contributed by atoms with E-state index in [-0.39, 0.29) is 11.7 Å². The fraction of sp³-hybridized carbons (Fsp3) is 0.261. The predicted molar refractivity (Wildman–Crippen MR) is 120 cm³/mol. The van der Waals surface area contributed by atoms with E-state index >= 15 is 0 Å². The number of benzene rings is 2. The number of nitrogens with one attached hydrogen (secondary N) is 1. The first-order chi connectivity index (χ1) is 15.2. The molecule has 1 aliphatic rings. The maximum absolute atomic E-state index is 13.6. The average molecular weight is 436 g/mol. The van der Waals surface area contributed by atoms with Crippen LogP contribution >= 0.6 is 11.8 Å². The molecule has 0 radical (unpaired) electrons. The Kier molecular flexibility index (Phi) is 5.46. The highest BCUT2D eigenvalue weighted by Gasteiger charge is 2.22. The second-order valence-corrected chi connectivity index (χ2v) is 8.54. The monoisotopic (exact) mass is 435 g/mol. The minimum atomic E-state index is -0.306. The smallest absolute Gasteiger partial charge is 0.233 e. The lowest BCUT2D eigenvalue weighted by Crippen LogP contribution is -2.36. The molecule has 0 spiro atoms. The van der Waals surface area contributed by atoms with Crippen LogP contribution in [-0.4, -0.2) is 49.4 Å². The van der Waals surface area contributed by atoms with Gasteiger partial charge in [-0.25, -0.2) is 4.39 Å². The Morgan fingerprint density at radius 2 is 1.81 bits per heavy atom. The van der Waals surface area contributed by atoms with Crippen LogP contribution in [0.25, 0.3) is 28.0 Å². The molecule has 1 aliphatic heterocycles. The van der Waals surface area contributed by atoms with Crippen molar-refractivity contribution < 1.29 is 9.18 Å². The van der Waals surface area contributed by atoms with E-state index in [0.29, 0.717) is 16.7 Å². The number of fused-ring (bicyclic) bond motifs is 1. The summed E-state index contributed by atoms with van der Waals surface area (Å²) in [5.41, 5.74) is 2.65. The van der Waals surface area contributed by atoms with E-state index in [2.05, 4.69) is 15.2 Å². The Morgan fingerprint density at radius 1 is 1.03 bits per heavy atom. The maximum Gasteiger partial charge on any atom is 0.233 e. The minimum absolute atomic E-state index is 0.118. The lowest BCUT2D eigenvalue weighted by Gasteiger charge is -2.26. The highest BCUT2D eigenvalue weighted by molar-refractivity contribution is 7.99. The van der Waals surface area contributed by atoms with E-state index in [0.717, 1.165) is 48.1 Å². The molecule has 6 nitrogen and oxygen atoms in total. The molecule has 2 aromatic heterocycles. The Hall–Kier alpha value is -3.13. The maximum atomic E-state index is 13.6.